The summed E-state index contributed by atoms with van der Waals surface area (Å²) < 4.78 is 29.4. The molecular weight excluding hydrogens is 280 g/mol. The fraction of sp³-hybridized carbons (Fsp3) is 0.467. The van der Waals surface area contributed by atoms with Gasteiger partial charge in [-0.25, -0.2) is 18.5 Å². The number of hydrogen-bond donors (Lipinski definition) is 0. The molecule has 6 heteroatoms. The maximum atomic E-state index is 12.5. The van der Waals surface area contributed by atoms with Crippen molar-refractivity contribution in [2.45, 2.75) is 25.7 Å². The predicted molar refractivity (Wildman–Crippen MR) is 71.9 cm³/mol. The zero-order valence-electron chi connectivity index (χ0n) is 11.7. The predicted octanol–water partition coefficient (Wildman–Crippen LogP) is 3.01. The maximum absolute atomic E-state index is 12.5. The van der Waals surface area contributed by atoms with Crippen LogP contribution in [0.5, 0.6) is 0 Å². The van der Waals surface area contributed by atoms with E-state index in [1.165, 1.54) is 5.56 Å². The van der Waals surface area contributed by atoms with E-state index in [1.807, 2.05) is 18.2 Å². The Morgan fingerprint density at radius 1 is 1.38 bits per heavy atom. The molecule has 1 aliphatic heterocycles. The zero-order valence-corrected chi connectivity index (χ0v) is 11.7. The van der Waals surface area contributed by atoms with Gasteiger partial charge in [-0.1, -0.05) is 35.9 Å². The summed E-state index contributed by atoms with van der Waals surface area (Å²) in [5.74, 6) is -4.16. The first-order valence-corrected chi connectivity index (χ1v) is 6.77. The second-order valence-corrected chi connectivity index (χ2v) is 5.18. The van der Waals surface area contributed by atoms with Crippen LogP contribution in [0.25, 0.3) is 0 Å². The van der Waals surface area contributed by atoms with E-state index in [9.17, 15) is 18.4 Å². The Hall–Kier alpha value is -1.98. The van der Waals surface area contributed by atoms with Gasteiger partial charge in [-0.2, -0.15) is 0 Å². The summed E-state index contributed by atoms with van der Waals surface area (Å²) in [6, 6.07) is 10.3. The Bertz CT molecular complexity index is 519. The minimum Gasteiger partial charge on any atom is -0.447 e. The van der Waals surface area contributed by atoms with E-state index in [0.29, 0.717) is 0 Å². The van der Waals surface area contributed by atoms with Crippen LogP contribution in [0.4, 0.5) is 13.6 Å². The minimum atomic E-state index is -2.71. The van der Waals surface area contributed by atoms with E-state index in [0.717, 1.165) is 4.90 Å². The van der Waals surface area contributed by atoms with E-state index >= 15 is 0 Å². The number of alkyl halides is 2. The van der Waals surface area contributed by atoms with Crippen LogP contribution in [0.15, 0.2) is 30.3 Å². The van der Waals surface area contributed by atoms with Crippen LogP contribution >= 0.6 is 0 Å². The molecule has 4 nitrogen and oxygen atoms in total. The summed E-state index contributed by atoms with van der Waals surface area (Å²) in [5.41, 5.74) is 1.32. The third-order valence-electron chi connectivity index (χ3n) is 3.38. The number of aryl methyl sites for hydroxylation is 1. The molecule has 1 unspecified atom stereocenters. The molecule has 1 saturated heterocycles. The average Bonchev–Trinajstić information content (AvgIpc) is 2.83. The quantitative estimate of drug-likeness (QED) is 0.843. The van der Waals surface area contributed by atoms with Crippen molar-refractivity contribution in [2.24, 2.45) is 5.92 Å². The number of halogens is 2. The van der Waals surface area contributed by atoms with Crippen molar-refractivity contribution < 1.29 is 23.1 Å². The van der Waals surface area contributed by atoms with E-state index in [2.05, 4.69) is 23.8 Å². The number of amides is 2. The standard InChI is InChI=1S/C8H9F2NO3.C7H8/c9-8(10)4-5(8)3-6(12)11-1-2-14-7(11)13;1-7-5-3-2-4-6-7/h5H,1-4H2;2-6H,1H3. The lowest BCUT2D eigenvalue weighted by Gasteiger charge is -2.09. The molecule has 2 amide bonds. The van der Waals surface area contributed by atoms with E-state index < -0.39 is 23.8 Å². The summed E-state index contributed by atoms with van der Waals surface area (Å²) in [5, 5.41) is 0. The summed E-state index contributed by atoms with van der Waals surface area (Å²) in [4.78, 5) is 23.0. The molecule has 3 rings (SSSR count). The number of ether oxygens (including phenoxy) is 1. The van der Waals surface area contributed by atoms with Gasteiger partial charge in [0.2, 0.25) is 5.91 Å². The number of cyclic esters (lactones) is 1. The van der Waals surface area contributed by atoms with Crippen molar-refractivity contribution >= 4 is 12.0 Å². The molecule has 21 heavy (non-hydrogen) atoms. The number of carbonyl (C=O) groups is 2. The normalized spacial score (nSPS) is 22.1. The summed E-state index contributed by atoms with van der Waals surface area (Å²) >= 11 is 0. The Kier molecular flexibility index (Phi) is 4.55. The summed E-state index contributed by atoms with van der Waals surface area (Å²) in [7, 11) is 0. The van der Waals surface area contributed by atoms with Crippen LogP contribution in [0.2, 0.25) is 0 Å². The van der Waals surface area contributed by atoms with Crippen molar-refractivity contribution in [3.8, 4) is 0 Å². The van der Waals surface area contributed by atoms with Crippen LogP contribution in [0.1, 0.15) is 18.4 Å². The highest BCUT2D eigenvalue weighted by Crippen LogP contribution is 2.50. The number of rotatable bonds is 2. The van der Waals surface area contributed by atoms with Crippen LogP contribution in [-0.4, -0.2) is 36.0 Å². The molecule has 0 spiro atoms. The smallest absolute Gasteiger partial charge is 0.416 e. The zero-order chi connectivity index (χ0) is 15.5. The first kappa shape index (κ1) is 15.4. The molecule has 2 fully saturated rings. The van der Waals surface area contributed by atoms with Crippen LogP contribution in [0, 0.1) is 12.8 Å². The van der Waals surface area contributed by atoms with Crippen molar-refractivity contribution in [2.75, 3.05) is 13.2 Å². The highest BCUT2D eigenvalue weighted by molar-refractivity contribution is 5.93. The average molecular weight is 297 g/mol. The molecule has 2 aliphatic rings. The molecule has 1 saturated carbocycles. The highest BCUT2D eigenvalue weighted by Gasteiger charge is 2.57. The summed E-state index contributed by atoms with van der Waals surface area (Å²) in [6.45, 7) is 2.42. The van der Waals surface area contributed by atoms with Gasteiger partial charge in [-0.3, -0.25) is 4.79 Å². The Morgan fingerprint density at radius 3 is 2.38 bits per heavy atom. The van der Waals surface area contributed by atoms with Crippen LogP contribution in [0.3, 0.4) is 0 Å². The molecular formula is C15H17F2NO3. The number of carbonyl (C=O) groups excluding carboxylic acids is 2. The van der Waals surface area contributed by atoms with E-state index in [-0.39, 0.29) is 26.0 Å². The molecule has 0 N–H and O–H groups in total. The molecule has 1 aliphatic carbocycles. The SMILES string of the molecule is Cc1ccccc1.O=C(CC1CC1(F)F)N1CCOC1=O. The van der Waals surface area contributed by atoms with Gasteiger partial charge in [-0.05, 0) is 6.92 Å². The van der Waals surface area contributed by atoms with E-state index in [1.54, 1.807) is 0 Å². The third-order valence-corrected chi connectivity index (χ3v) is 3.38. The molecule has 114 valence electrons. The molecule has 1 heterocycles. The second kappa shape index (κ2) is 6.20. The fourth-order valence-corrected chi connectivity index (χ4v) is 1.97. The molecule has 0 aromatic heterocycles. The van der Waals surface area contributed by atoms with Crippen molar-refractivity contribution in [3.63, 3.8) is 0 Å². The Labute approximate surface area is 121 Å². The second-order valence-electron chi connectivity index (χ2n) is 5.18. The molecule has 0 radical (unpaired) electrons. The number of benzene rings is 1. The first-order valence-electron chi connectivity index (χ1n) is 6.77. The molecule has 1 aromatic rings. The lowest BCUT2D eigenvalue weighted by Crippen LogP contribution is -2.32. The lowest BCUT2D eigenvalue weighted by molar-refractivity contribution is -0.128. The monoisotopic (exact) mass is 297 g/mol. The van der Waals surface area contributed by atoms with Gasteiger partial charge >= 0.3 is 6.09 Å². The lowest BCUT2D eigenvalue weighted by atomic mass is 10.2. The first-order chi connectivity index (χ1) is 9.90. The van der Waals surface area contributed by atoms with Gasteiger partial charge in [0.1, 0.15) is 6.61 Å². The van der Waals surface area contributed by atoms with Gasteiger partial charge in [-0.15, -0.1) is 0 Å². The topological polar surface area (TPSA) is 46.6 Å². The molecule has 1 atom stereocenters. The highest BCUT2D eigenvalue weighted by atomic mass is 19.3. The van der Waals surface area contributed by atoms with Crippen LogP contribution < -0.4 is 0 Å². The number of nitrogens with zero attached hydrogens (tertiary/aromatic N) is 1. The molecule has 1 aromatic carbocycles. The summed E-state index contributed by atoms with van der Waals surface area (Å²) in [6.07, 6.45) is -1.23. The Balaban J connectivity index is 0.000000194. The Morgan fingerprint density at radius 2 is 2.00 bits per heavy atom. The van der Waals surface area contributed by atoms with Gasteiger partial charge in [0, 0.05) is 18.8 Å². The van der Waals surface area contributed by atoms with Gasteiger partial charge in [0.25, 0.3) is 5.92 Å². The maximum Gasteiger partial charge on any atom is 0.416 e. The van der Waals surface area contributed by atoms with Gasteiger partial charge in [0.15, 0.2) is 0 Å². The largest absolute Gasteiger partial charge is 0.447 e. The molecule has 0 bridgehead atoms. The number of imide groups is 1. The van der Waals surface area contributed by atoms with Gasteiger partial charge in [0.05, 0.1) is 6.54 Å². The number of hydrogen-bond acceptors (Lipinski definition) is 3. The van der Waals surface area contributed by atoms with Crippen LogP contribution in [-0.2, 0) is 9.53 Å². The minimum absolute atomic E-state index is 0.158. The fourth-order valence-electron chi connectivity index (χ4n) is 1.97. The third kappa shape index (κ3) is 4.24. The van der Waals surface area contributed by atoms with Crippen molar-refractivity contribution in [3.05, 3.63) is 35.9 Å². The van der Waals surface area contributed by atoms with E-state index in [4.69, 9.17) is 0 Å². The van der Waals surface area contributed by atoms with Gasteiger partial charge < -0.3 is 4.74 Å². The van der Waals surface area contributed by atoms with Crippen molar-refractivity contribution in [1.29, 1.82) is 0 Å². The van der Waals surface area contributed by atoms with Crippen molar-refractivity contribution in [1.82, 2.24) is 4.90 Å².